The Morgan fingerprint density at radius 3 is 1.94 bits per heavy atom. The molecule has 0 aliphatic carbocycles. The summed E-state index contributed by atoms with van der Waals surface area (Å²) in [5.41, 5.74) is 0. The lowest BCUT2D eigenvalue weighted by molar-refractivity contribution is -0.178. The lowest BCUT2D eigenvalue weighted by atomic mass is 10.6. The van der Waals surface area contributed by atoms with Gasteiger partial charge in [-0.15, -0.1) is 0 Å². The van der Waals surface area contributed by atoms with Gasteiger partial charge in [-0.3, -0.25) is 0 Å². The molecule has 102 valence electrons. The van der Waals surface area contributed by atoms with Gasteiger partial charge in [0.25, 0.3) is 6.29 Å². The molecular weight excluding hydrogens is 232 g/mol. The number of aliphatic hydroxyl groups excluding tert-OH is 1. The van der Waals surface area contributed by atoms with Crippen molar-refractivity contribution in [2.24, 2.45) is 0 Å². The molecule has 7 heteroatoms. The normalized spacial score (nSPS) is 12.6. The maximum Gasteiger partial charge on any atom is 0.360 e. The number of aliphatic hydroxyl groups is 1. The van der Waals surface area contributed by atoms with E-state index >= 15 is 0 Å². The topological polar surface area (TPSA) is 94.5 Å². The third-order valence-electron chi connectivity index (χ3n) is 1.66. The SMILES string of the molecule is CCOCCOCCOCCOC(O)C(=O)O. The van der Waals surface area contributed by atoms with Crippen LogP contribution in [0.2, 0.25) is 0 Å². The van der Waals surface area contributed by atoms with Crippen LogP contribution in [0.1, 0.15) is 6.92 Å². The van der Waals surface area contributed by atoms with E-state index in [0.29, 0.717) is 33.0 Å². The van der Waals surface area contributed by atoms with Gasteiger partial charge in [0.1, 0.15) is 0 Å². The van der Waals surface area contributed by atoms with Gasteiger partial charge in [-0.1, -0.05) is 0 Å². The number of carbonyl (C=O) groups is 1. The molecule has 0 aromatic heterocycles. The van der Waals surface area contributed by atoms with Crippen molar-refractivity contribution in [1.29, 1.82) is 0 Å². The molecule has 7 nitrogen and oxygen atoms in total. The maximum atomic E-state index is 10.1. The second kappa shape index (κ2) is 11.7. The van der Waals surface area contributed by atoms with E-state index in [2.05, 4.69) is 4.74 Å². The molecule has 0 saturated heterocycles. The van der Waals surface area contributed by atoms with E-state index in [0.717, 1.165) is 0 Å². The monoisotopic (exact) mass is 252 g/mol. The van der Waals surface area contributed by atoms with Crippen molar-refractivity contribution in [3.63, 3.8) is 0 Å². The molecule has 2 N–H and O–H groups in total. The van der Waals surface area contributed by atoms with Crippen LogP contribution in [0.3, 0.4) is 0 Å². The smallest absolute Gasteiger partial charge is 0.360 e. The van der Waals surface area contributed by atoms with E-state index in [1.807, 2.05) is 6.92 Å². The molecule has 0 heterocycles. The van der Waals surface area contributed by atoms with Crippen LogP contribution >= 0.6 is 0 Å². The van der Waals surface area contributed by atoms with Crippen molar-refractivity contribution in [2.75, 3.05) is 46.2 Å². The summed E-state index contributed by atoms with van der Waals surface area (Å²) in [4.78, 5) is 10.1. The van der Waals surface area contributed by atoms with Gasteiger partial charge in [-0.25, -0.2) is 4.79 Å². The highest BCUT2D eigenvalue weighted by molar-refractivity contribution is 5.70. The predicted octanol–water partition coefficient (Wildman–Crippen LogP) is -0.524. The molecule has 0 rings (SSSR count). The van der Waals surface area contributed by atoms with Crippen LogP contribution in [0.15, 0.2) is 0 Å². The first-order valence-corrected chi connectivity index (χ1v) is 5.44. The summed E-state index contributed by atoms with van der Waals surface area (Å²) in [6.07, 6.45) is -1.79. The van der Waals surface area contributed by atoms with Crippen LogP contribution in [0.4, 0.5) is 0 Å². The van der Waals surface area contributed by atoms with Crippen LogP contribution in [-0.4, -0.2) is 68.7 Å². The standard InChI is InChI=1S/C10H20O7/c1-2-14-3-4-15-5-6-16-7-8-17-10(13)9(11)12/h10,13H,2-8H2,1H3,(H,11,12). The fraction of sp³-hybridized carbons (Fsp3) is 0.900. The fourth-order valence-corrected chi connectivity index (χ4v) is 0.874. The molecule has 1 unspecified atom stereocenters. The quantitative estimate of drug-likeness (QED) is 0.356. The third-order valence-corrected chi connectivity index (χ3v) is 1.66. The molecule has 0 spiro atoms. The number of aliphatic carboxylic acids is 1. The molecule has 0 aliphatic rings. The number of hydrogen-bond acceptors (Lipinski definition) is 6. The summed E-state index contributed by atoms with van der Waals surface area (Å²) in [5.74, 6) is -1.41. The first kappa shape index (κ1) is 16.3. The van der Waals surface area contributed by atoms with E-state index in [1.54, 1.807) is 0 Å². The minimum atomic E-state index is -1.79. The number of carboxylic acids is 1. The number of hydrogen-bond donors (Lipinski definition) is 2. The molecule has 0 amide bonds. The van der Waals surface area contributed by atoms with Crippen molar-refractivity contribution >= 4 is 5.97 Å². The molecule has 0 fully saturated rings. The summed E-state index contributed by atoms with van der Waals surface area (Å²) in [5, 5.41) is 17.0. The van der Waals surface area contributed by atoms with Crippen molar-refractivity contribution in [3.05, 3.63) is 0 Å². The van der Waals surface area contributed by atoms with Crippen molar-refractivity contribution < 1.29 is 34.0 Å². The van der Waals surface area contributed by atoms with E-state index in [9.17, 15) is 4.79 Å². The van der Waals surface area contributed by atoms with Gasteiger partial charge in [0.15, 0.2) is 0 Å². The Bertz CT molecular complexity index is 185. The average Bonchev–Trinajstić information content (AvgIpc) is 2.31. The highest BCUT2D eigenvalue weighted by atomic mass is 16.6. The highest BCUT2D eigenvalue weighted by Gasteiger charge is 2.12. The zero-order chi connectivity index (χ0) is 12.9. The summed E-state index contributed by atoms with van der Waals surface area (Å²) in [6.45, 7) is 4.71. The van der Waals surface area contributed by atoms with Crippen molar-refractivity contribution in [3.8, 4) is 0 Å². The van der Waals surface area contributed by atoms with Crippen LogP contribution < -0.4 is 0 Å². The highest BCUT2D eigenvalue weighted by Crippen LogP contribution is 1.87. The summed E-state index contributed by atoms with van der Waals surface area (Å²) in [7, 11) is 0. The predicted molar refractivity (Wildman–Crippen MR) is 57.7 cm³/mol. The van der Waals surface area contributed by atoms with Gasteiger partial charge in [-0.05, 0) is 6.92 Å². The first-order valence-electron chi connectivity index (χ1n) is 5.44. The molecular formula is C10H20O7. The molecule has 1 atom stereocenters. The summed E-state index contributed by atoms with van der Waals surface area (Å²) < 4.78 is 19.8. The van der Waals surface area contributed by atoms with Gasteiger partial charge >= 0.3 is 5.97 Å². The minimum absolute atomic E-state index is 0.0203. The second-order valence-electron chi connectivity index (χ2n) is 2.98. The molecule has 0 bridgehead atoms. The Labute approximate surface area is 100 Å². The Morgan fingerprint density at radius 2 is 1.47 bits per heavy atom. The molecule has 0 aliphatic heterocycles. The molecule has 0 radical (unpaired) electrons. The van der Waals surface area contributed by atoms with Crippen LogP contribution in [0.5, 0.6) is 0 Å². The van der Waals surface area contributed by atoms with Gasteiger partial charge in [0, 0.05) is 6.61 Å². The third kappa shape index (κ3) is 11.5. The van der Waals surface area contributed by atoms with Gasteiger partial charge in [0.2, 0.25) is 0 Å². The summed E-state index contributed by atoms with van der Waals surface area (Å²) >= 11 is 0. The van der Waals surface area contributed by atoms with Crippen LogP contribution in [0.25, 0.3) is 0 Å². The van der Waals surface area contributed by atoms with Crippen molar-refractivity contribution in [1.82, 2.24) is 0 Å². The second-order valence-corrected chi connectivity index (χ2v) is 2.98. The van der Waals surface area contributed by atoms with Gasteiger partial charge in [0.05, 0.1) is 39.6 Å². The van der Waals surface area contributed by atoms with E-state index in [4.69, 9.17) is 24.4 Å². The molecule has 17 heavy (non-hydrogen) atoms. The van der Waals surface area contributed by atoms with Gasteiger partial charge in [-0.2, -0.15) is 0 Å². The Hall–Kier alpha value is -0.730. The Balaban J connectivity index is 3.06. The molecule has 0 aromatic carbocycles. The first-order chi connectivity index (χ1) is 8.18. The fourth-order valence-electron chi connectivity index (χ4n) is 0.874. The van der Waals surface area contributed by atoms with E-state index in [-0.39, 0.29) is 13.2 Å². The lowest BCUT2D eigenvalue weighted by Crippen LogP contribution is -2.25. The van der Waals surface area contributed by atoms with Gasteiger partial charge < -0.3 is 29.2 Å². The van der Waals surface area contributed by atoms with E-state index in [1.165, 1.54) is 0 Å². The van der Waals surface area contributed by atoms with Crippen molar-refractivity contribution in [2.45, 2.75) is 13.2 Å². The maximum absolute atomic E-state index is 10.1. The number of carboxylic acid groups (broad SMARTS) is 1. The Kier molecular flexibility index (Phi) is 11.2. The zero-order valence-corrected chi connectivity index (χ0v) is 9.96. The number of rotatable bonds is 12. The Morgan fingerprint density at radius 1 is 1.00 bits per heavy atom. The number of ether oxygens (including phenoxy) is 4. The van der Waals surface area contributed by atoms with Crippen LogP contribution in [0, 0.1) is 0 Å². The van der Waals surface area contributed by atoms with E-state index < -0.39 is 12.3 Å². The largest absolute Gasteiger partial charge is 0.477 e. The average molecular weight is 252 g/mol. The lowest BCUT2D eigenvalue weighted by Gasteiger charge is -2.08. The molecule has 0 saturated carbocycles. The molecule has 0 aromatic rings. The summed E-state index contributed by atoms with van der Waals surface area (Å²) in [6, 6.07) is 0. The minimum Gasteiger partial charge on any atom is -0.477 e. The van der Waals surface area contributed by atoms with Crippen LogP contribution in [-0.2, 0) is 23.7 Å². The zero-order valence-electron chi connectivity index (χ0n) is 9.96.